The summed E-state index contributed by atoms with van der Waals surface area (Å²) in [6.07, 6.45) is 0.921. The van der Waals surface area contributed by atoms with Gasteiger partial charge in [0.25, 0.3) is 5.91 Å². The second-order valence-electron chi connectivity index (χ2n) is 6.22. The number of nitrogens with two attached hydrogens (primary N) is 1. The van der Waals surface area contributed by atoms with Crippen molar-refractivity contribution in [2.75, 3.05) is 20.6 Å². The van der Waals surface area contributed by atoms with Crippen LogP contribution in [0.2, 0.25) is 0 Å². The predicted octanol–water partition coefficient (Wildman–Crippen LogP) is 2.14. The third-order valence-electron chi connectivity index (χ3n) is 3.95. The minimum atomic E-state index is -0.303. The molecule has 0 bridgehead atoms. The highest BCUT2D eigenvalue weighted by Gasteiger charge is 2.11. The van der Waals surface area contributed by atoms with Crippen LogP contribution in [0.15, 0.2) is 54.6 Å². The fraction of sp³-hybridized carbons (Fsp3) is 0.300. The molecule has 2 rings (SSSR count). The van der Waals surface area contributed by atoms with Gasteiger partial charge in [0.2, 0.25) is 5.91 Å². The van der Waals surface area contributed by atoms with Crippen LogP contribution in [-0.2, 0) is 11.2 Å². The Balaban J connectivity index is 1.81. The summed E-state index contributed by atoms with van der Waals surface area (Å²) in [4.78, 5) is 25.6. The summed E-state index contributed by atoms with van der Waals surface area (Å²) >= 11 is 0. The first-order valence-corrected chi connectivity index (χ1v) is 8.35. The van der Waals surface area contributed by atoms with E-state index in [4.69, 9.17) is 5.73 Å². The van der Waals surface area contributed by atoms with Crippen LogP contribution < -0.4 is 11.1 Å². The number of nitrogens with zero attached hydrogens (tertiary/aromatic N) is 1. The molecule has 2 amide bonds. The smallest absolute Gasteiger partial charge is 0.253 e. The van der Waals surface area contributed by atoms with Gasteiger partial charge in [-0.2, -0.15) is 0 Å². The molecule has 1 atom stereocenters. The molecule has 0 aromatic heterocycles. The van der Waals surface area contributed by atoms with E-state index in [0.29, 0.717) is 18.5 Å². The van der Waals surface area contributed by atoms with Crippen molar-refractivity contribution in [3.63, 3.8) is 0 Å². The maximum absolute atomic E-state index is 12.0. The first kappa shape index (κ1) is 18.7. The zero-order chi connectivity index (χ0) is 18.2. The number of nitrogens with one attached hydrogen (secondary N) is 1. The Kier molecular flexibility index (Phi) is 6.71. The molecule has 0 aliphatic rings. The van der Waals surface area contributed by atoms with Crippen LogP contribution in [-0.4, -0.2) is 37.4 Å². The average Bonchev–Trinajstić information content (AvgIpc) is 2.62. The molecule has 0 radical (unpaired) electrons. The van der Waals surface area contributed by atoms with Gasteiger partial charge in [-0.15, -0.1) is 0 Å². The van der Waals surface area contributed by atoms with Crippen molar-refractivity contribution in [2.24, 2.45) is 5.73 Å². The van der Waals surface area contributed by atoms with Gasteiger partial charge in [-0.25, -0.2) is 0 Å². The molecule has 0 saturated heterocycles. The molecule has 0 heterocycles. The molecular weight excluding hydrogens is 314 g/mol. The van der Waals surface area contributed by atoms with E-state index in [2.05, 4.69) is 5.32 Å². The molecule has 5 nitrogen and oxygen atoms in total. The van der Waals surface area contributed by atoms with Gasteiger partial charge in [-0.1, -0.05) is 42.5 Å². The molecule has 1 unspecified atom stereocenters. The number of rotatable bonds is 7. The van der Waals surface area contributed by atoms with Gasteiger partial charge in [0.15, 0.2) is 0 Å². The molecular formula is C20H25N3O2. The summed E-state index contributed by atoms with van der Waals surface area (Å²) in [7, 11) is 3.45. The van der Waals surface area contributed by atoms with Gasteiger partial charge in [-0.3, -0.25) is 9.59 Å². The van der Waals surface area contributed by atoms with Gasteiger partial charge in [0.1, 0.15) is 0 Å². The number of amides is 2. The van der Waals surface area contributed by atoms with E-state index in [0.717, 1.165) is 11.1 Å². The molecule has 0 aliphatic heterocycles. The van der Waals surface area contributed by atoms with Crippen LogP contribution in [0.25, 0.3) is 0 Å². The summed E-state index contributed by atoms with van der Waals surface area (Å²) in [5.41, 5.74) is 8.68. The standard InChI is InChI=1S/C20H25N3O2/c1-23(2)20(25)17-10-6-7-15(13-17)11-12-22-19(24)14-18(21)16-8-4-3-5-9-16/h3-10,13,18H,11-12,14,21H2,1-2H3,(H,22,24). The van der Waals surface area contributed by atoms with E-state index in [1.165, 1.54) is 0 Å². The monoisotopic (exact) mass is 339 g/mol. The van der Waals surface area contributed by atoms with Crippen molar-refractivity contribution in [3.05, 3.63) is 71.3 Å². The van der Waals surface area contributed by atoms with E-state index in [9.17, 15) is 9.59 Å². The Morgan fingerprint density at radius 2 is 1.80 bits per heavy atom. The maximum Gasteiger partial charge on any atom is 0.253 e. The Morgan fingerprint density at radius 3 is 2.48 bits per heavy atom. The third-order valence-corrected chi connectivity index (χ3v) is 3.95. The minimum Gasteiger partial charge on any atom is -0.356 e. The lowest BCUT2D eigenvalue weighted by molar-refractivity contribution is -0.121. The second-order valence-corrected chi connectivity index (χ2v) is 6.22. The summed E-state index contributed by atoms with van der Waals surface area (Å²) in [6, 6.07) is 16.8. The van der Waals surface area contributed by atoms with Crippen LogP contribution in [0.5, 0.6) is 0 Å². The Hall–Kier alpha value is -2.66. The Labute approximate surface area is 148 Å². The predicted molar refractivity (Wildman–Crippen MR) is 99.2 cm³/mol. The van der Waals surface area contributed by atoms with E-state index in [-0.39, 0.29) is 24.3 Å². The van der Waals surface area contributed by atoms with Crippen molar-refractivity contribution < 1.29 is 9.59 Å². The highest BCUT2D eigenvalue weighted by Crippen LogP contribution is 2.13. The molecule has 25 heavy (non-hydrogen) atoms. The van der Waals surface area contributed by atoms with Gasteiger partial charge in [-0.05, 0) is 29.7 Å². The fourth-order valence-corrected chi connectivity index (χ4v) is 2.55. The minimum absolute atomic E-state index is 0.0280. The van der Waals surface area contributed by atoms with Crippen LogP contribution in [0.4, 0.5) is 0 Å². The van der Waals surface area contributed by atoms with Crippen LogP contribution in [0.1, 0.15) is 33.9 Å². The molecule has 2 aromatic carbocycles. The van der Waals surface area contributed by atoms with Gasteiger partial charge >= 0.3 is 0 Å². The summed E-state index contributed by atoms with van der Waals surface area (Å²) in [5.74, 6) is -0.100. The lowest BCUT2D eigenvalue weighted by Crippen LogP contribution is -2.29. The molecule has 3 N–H and O–H groups in total. The van der Waals surface area contributed by atoms with Crippen molar-refractivity contribution in [1.82, 2.24) is 10.2 Å². The van der Waals surface area contributed by atoms with Crippen LogP contribution in [0.3, 0.4) is 0 Å². The Morgan fingerprint density at radius 1 is 1.08 bits per heavy atom. The normalized spacial score (nSPS) is 11.6. The largest absolute Gasteiger partial charge is 0.356 e. The van der Waals surface area contributed by atoms with E-state index in [1.807, 2.05) is 48.5 Å². The van der Waals surface area contributed by atoms with Crippen molar-refractivity contribution >= 4 is 11.8 Å². The average molecular weight is 339 g/mol. The lowest BCUT2D eigenvalue weighted by atomic mass is 10.0. The molecule has 0 spiro atoms. The van der Waals surface area contributed by atoms with Crippen molar-refractivity contribution in [1.29, 1.82) is 0 Å². The number of carbonyl (C=O) groups is 2. The quantitative estimate of drug-likeness (QED) is 0.811. The molecule has 2 aromatic rings. The van der Waals surface area contributed by atoms with Gasteiger partial charge in [0.05, 0.1) is 0 Å². The van der Waals surface area contributed by atoms with Gasteiger partial charge < -0.3 is 16.0 Å². The highest BCUT2D eigenvalue weighted by atomic mass is 16.2. The van der Waals surface area contributed by atoms with E-state index < -0.39 is 0 Å². The van der Waals surface area contributed by atoms with Crippen LogP contribution >= 0.6 is 0 Å². The van der Waals surface area contributed by atoms with Crippen molar-refractivity contribution in [3.8, 4) is 0 Å². The molecule has 5 heteroatoms. The topological polar surface area (TPSA) is 75.4 Å². The summed E-state index contributed by atoms with van der Waals surface area (Å²) in [5, 5.41) is 2.89. The maximum atomic E-state index is 12.0. The third kappa shape index (κ3) is 5.72. The lowest BCUT2D eigenvalue weighted by Gasteiger charge is -2.13. The molecule has 0 aliphatic carbocycles. The zero-order valence-corrected chi connectivity index (χ0v) is 14.7. The fourth-order valence-electron chi connectivity index (χ4n) is 2.55. The number of hydrogen-bond donors (Lipinski definition) is 2. The second kappa shape index (κ2) is 8.99. The highest BCUT2D eigenvalue weighted by molar-refractivity contribution is 5.94. The first-order chi connectivity index (χ1) is 12.0. The first-order valence-electron chi connectivity index (χ1n) is 8.35. The van der Waals surface area contributed by atoms with Crippen LogP contribution in [0, 0.1) is 0 Å². The van der Waals surface area contributed by atoms with Gasteiger partial charge in [0, 0.05) is 38.7 Å². The zero-order valence-electron chi connectivity index (χ0n) is 14.7. The summed E-state index contributed by atoms with van der Waals surface area (Å²) in [6.45, 7) is 0.514. The van der Waals surface area contributed by atoms with E-state index >= 15 is 0 Å². The number of benzene rings is 2. The molecule has 132 valence electrons. The molecule has 0 fully saturated rings. The van der Waals surface area contributed by atoms with E-state index in [1.54, 1.807) is 25.1 Å². The summed E-state index contributed by atoms with van der Waals surface area (Å²) < 4.78 is 0. The Bertz CT molecular complexity index is 714. The molecule has 0 saturated carbocycles. The van der Waals surface area contributed by atoms with Crippen molar-refractivity contribution in [2.45, 2.75) is 18.9 Å². The SMILES string of the molecule is CN(C)C(=O)c1cccc(CCNC(=O)CC(N)c2ccccc2)c1. The number of hydrogen-bond acceptors (Lipinski definition) is 3. The number of carbonyl (C=O) groups excluding carboxylic acids is 2.